The zero-order valence-electron chi connectivity index (χ0n) is 44.2. The molecule has 0 saturated heterocycles. The summed E-state index contributed by atoms with van der Waals surface area (Å²) in [6.45, 7) is 6.49. The average Bonchev–Trinajstić information content (AvgIpc) is 3.33. The fraction of sp³-hybridized carbons (Fsp3) is 0.754. The van der Waals surface area contributed by atoms with Crippen LogP contribution in [0.15, 0.2) is 72.9 Å². The number of hydrogen-bond donors (Lipinski definition) is 0. The number of esters is 3. The summed E-state index contributed by atoms with van der Waals surface area (Å²) in [4.78, 5) is 38.1. The minimum Gasteiger partial charge on any atom is -0.462 e. The van der Waals surface area contributed by atoms with E-state index < -0.39 is 6.10 Å². The van der Waals surface area contributed by atoms with Gasteiger partial charge >= 0.3 is 17.9 Å². The molecule has 0 aliphatic heterocycles. The number of unbranched alkanes of at least 4 members (excludes halogenated alkanes) is 28. The van der Waals surface area contributed by atoms with E-state index in [0.29, 0.717) is 19.3 Å². The molecule has 0 aromatic heterocycles. The molecule has 0 bridgehead atoms. The molecule has 0 heterocycles. The minimum absolute atomic E-state index is 0.0800. The predicted octanol–water partition coefficient (Wildman–Crippen LogP) is 19.0. The third-order valence-corrected chi connectivity index (χ3v) is 12.2. The van der Waals surface area contributed by atoms with Crippen molar-refractivity contribution >= 4 is 17.9 Å². The van der Waals surface area contributed by atoms with Crippen molar-refractivity contribution in [2.24, 2.45) is 0 Å². The largest absolute Gasteiger partial charge is 0.462 e. The maximum atomic E-state index is 12.8. The zero-order chi connectivity index (χ0) is 48.6. The van der Waals surface area contributed by atoms with Gasteiger partial charge in [-0.25, -0.2) is 0 Å². The van der Waals surface area contributed by atoms with Crippen LogP contribution in [0, 0.1) is 0 Å². The first-order valence-corrected chi connectivity index (χ1v) is 28.4. The highest BCUT2D eigenvalue weighted by atomic mass is 16.6. The fourth-order valence-corrected chi connectivity index (χ4v) is 7.93. The van der Waals surface area contributed by atoms with Crippen LogP contribution < -0.4 is 0 Å². The lowest BCUT2D eigenvalue weighted by molar-refractivity contribution is -0.167. The molecule has 386 valence electrons. The summed E-state index contributed by atoms with van der Waals surface area (Å²) in [5.41, 5.74) is 0. The van der Waals surface area contributed by atoms with E-state index in [9.17, 15) is 14.4 Å². The van der Waals surface area contributed by atoms with E-state index in [4.69, 9.17) is 14.2 Å². The maximum absolute atomic E-state index is 12.8. The molecule has 6 heteroatoms. The van der Waals surface area contributed by atoms with Crippen LogP contribution in [0.1, 0.15) is 278 Å². The lowest BCUT2D eigenvalue weighted by atomic mass is 10.1. The van der Waals surface area contributed by atoms with E-state index in [0.717, 1.165) is 109 Å². The molecule has 0 amide bonds. The van der Waals surface area contributed by atoms with Crippen LogP contribution >= 0.6 is 0 Å². The Kier molecular flexibility index (Phi) is 52.8. The highest BCUT2D eigenvalue weighted by molar-refractivity contribution is 5.71. The van der Waals surface area contributed by atoms with Gasteiger partial charge in [0, 0.05) is 19.3 Å². The van der Waals surface area contributed by atoms with Crippen LogP contribution in [0.25, 0.3) is 0 Å². The Morgan fingerprint density at radius 1 is 0.313 bits per heavy atom. The van der Waals surface area contributed by atoms with Gasteiger partial charge in [0.2, 0.25) is 0 Å². The summed E-state index contributed by atoms with van der Waals surface area (Å²) in [5, 5.41) is 0. The first-order chi connectivity index (χ1) is 33.0. The Balaban J connectivity index is 4.31. The maximum Gasteiger partial charge on any atom is 0.306 e. The number of rotatable bonds is 51. The van der Waals surface area contributed by atoms with E-state index in [1.807, 2.05) is 0 Å². The van der Waals surface area contributed by atoms with Crippen molar-refractivity contribution in [1.82, 2.24) is 0 Å². The quantitative estimate of drug-likeness (QED) is 0.0262. The molecular weight excluding hydrogens is 829 g/mol. The van der Waals surface area contributed by atoms with Crippen LogP contribution in [0.5, 0.6) is 0 Å². The molecule has 0 radical (unpaired) electrons. The number of allylic oxidation sites excluding steroid dienone is 12. The Morgan fingerprint density at radius 2 is 0.582 bits per heavy atom. The van der Waals surface area contributed by atoms with E-state index in [-0.39, 0.29) is 31.1 Å². The smallest absolute Gasteiger partial charge is 0.306 e. The van der Waals surface area contributed by atoms with Crippen molar-refractivity contribution in [1.29, 1.82) is 0 Å². The molecule has 0 aliphatic rings. The summed E-state index contributed by atoms with van der Waals surface area (Å²) >= 11 is 0. The second-order valence-electron chi connectivity index (χ2n) is 18.8. The van der Waals surface area contributed by atoms with Gasteiger partial charge in [-0.15, -0.1) is 0 Å². The third-order valence-electron chi connectivity index (χ3n) is 12.2. The van der Waals surface area contributed by atoms with Crippen molar-refractivity contribution in [3.8, 4) is 0 Å². The van der Waals surface area contributed by atoms with E-state index in [1.54, 1.807) is 0 Å². The first-order valence-electron chi connectivity index (χ1n) is 28.4. The molecular formula is C61H106O6. The van der Waals surface area contributed by atoms with Gasteiger partial charge in [0.05, 0.1) is 0 Å². The van der Waals surface area contributed by atoms with Crippen LogP contribution in [-0.4, -0.2) is 37.2 Å². The molecule has 1 atom stereocenters. The highest BCUT2D eigenvalue weighted by Gasteiger charge is 2.19. The summed E-state index contributed by atoms with van der Waals surface area (Å²) < 4.78 is 16.8. The number of carbonyl (C=O) groups is 3. The summed E-state index contributed by atoms with van der Waals surface area (Å²) in [6, 6.07) is 0. The van der Waals surface area contributed by atoms with Gasteiger partial charge in [-0.3, -0.25) is 14.4 Å². The van der Waals surface area contributed by atoms with Gasteiger partial charge in [-0.2, -0.15) is 0 Å². The lowest BCUT2D eigenvalue weighted by Crippen LogP contribution is -2.30. The number of hydrogen-bond acceptors (Lipinski definition) is 6. The van der Waals surface area contributed by atoms with Crippen LogP contribution in [0.4, 0.5) is 0 Å². The van der Waals surface area contributed by atoms with E-state index in [1.165, 1.54) is 128 Å². The highest BCUT2D eigenvalue weighted by Crippen LogP contribution is 2.15. The molecule has 0 aromatic rings. The lowest BCUT2D eigenvalue weighted by Gasteiger charge is -2.18. The van der Waals surface area contributed by atoms with Crippen molar-refractivity contribution < 1.29 is 28.6 Å². The molecule has 67 heavy (non-hydrogen) atoms. The van der Waals surface area contributed by atoms with Crippen molar-refractivity contribution in [2.75, 3.05) is 13.2 Å². The number of carbonyl (C=O) groups excluding carboxylic acids is 3. The summed E-state index contributed by atoms with van der Waals surface area (Å²) in [6.07, 6.45) is 70.3. The Morgan fingerprint density at radius 3 is 0.940 bits per heavy atom. The number of ether oxygens (including phenoxy) is 3. The molecule has 0 N–H and O–H groups in total. The van der Waals surface area contributed by atoms with Crippen LogP contribution in [0.2, 0.25) is 0 Å². The average molecular weight is 936 g/mol. The van der Waals surface area contributed by atoms with Crippen LogP contribution in [0.3, 0.4) is 0 Å². The Hall–Kier alpha value is -3.15. The first kappa shape index (κ1) is 63.8. The molecule has 0 aliphatic carbocycles. The normalized spacial score (nSPS) is 12.6. The zero-order valence-corrected chi connectivity index (χ0v) is 44.2. The minimum atomic E-state index is -0.782. The monoisotopic (exact) mass is 935 g/mol. The fourth-order valence-electron chi connectivity index (χ4n) is 7.93. The van der Waals surface area contributed by atoms with Gasteiger partial charge < -0.3 is 14.2 Å². The van der Waals surface area contributed by atoms with Crippen molar-refractivity contribution in [3.63, 3.8) is 0 Å². The van der Waals surface area contributed by atoms with Gasteiger partial charge in [0.1, 0.15) is 13.2 Å². The van der Waals surface area contributed by atoms with Crippen molar-refractivity contribution in [2.45, 2.75) is 284 Å². The SMILES string of the molecule is CC/C=C\C/C=C\C/C=C\C/C=C\CCCCCCCCCCCCC(=O)OCC(COC(=O)CCCCCCCCCCCCC)OC(=O)CCCCCCC/C=C\C/C=C\CCCCC. The molecule has 0 fully saturated rings. The van der Waals surface area contributed by atoms with E-state index in [2.05, 4.69) is 93.7 Å². The third kappa shape index (κ3) is 53.7. The van der Waals surface area contributed by atoms with Gasteiger partial charge in [-0.05, 0) is 89.9 Å². The topological polar surface area (TPSA) is 78.9 Å². The van der Waals surface area contributed by atoms with Gasteiger partial charge in [0.15, 0.2) is 6.10 Å². The van der Waals surface area contributed by atoms with Crippen molar-refractivity contribution in [3.05, 3.63) is 72.9 Å². The molecule has 0 spiro atoms. The Labute approximate surface area is 414 Å². The second kappa shape index (κ2) is 55.4. The molecule has 0 saturated carbocycles. The Bertz CT molecular complexity index is 1260. The van der Waals surface area contributed by atoms with Gasteiger partial charge in [-0.1, -0.05) is 241 Å². The molecule has 0 rings (SSSR count). The molecule has 1 unspecified atom stereocenters. The predicted molar refractivity (Wildman–Crippen MR) is 288 cm³/mol. The summed E-state index contributed by atoms with van der Waals surface area (Å²) in [5.74, 6) is -0.892. The van der Waals surface area contributed by atoms with E-state index >= 15 is 0 Å². The van der Waals surface area contributed by atoms with Crippen LogP contribution in [-0.2, 0) is 28.6 Å². The summed E-state index contributed by atoms with van der Waals surface area (Å²) in [7, 11) is 0. The standard InChI is InChI=1S/C61H106O6/c1-4-7-10-13-16-19-22-24-26-27-28-29-30-31-32-33-35-36-39-42-45-48-51-54-60(63)66-57-58(56-65-59(62)53-50-47-44-41-38-21-18-15-12-9-6-3)67-61(64)55-52-49-46-43-40-37-34-25-23-20-17-14-11-8-5-2/h7,10,16-17,19-20,24-26,28-29,34,58H,4-6,8-9,11-15,18,21-23,27,30-33,35-57H2,1-3H3/b10-7-,19-16-,20-17-,26-24-,29-28-,34-25-. The molecule has 6 nitrogen and oxygen atoms in total. The molecule has 0 aromatic carbocycles. The van der Waals surface area contributed by atoms with Gasteiger partial charge in [0.25, 0.3) is 0 Å². The second-order valence-corrected chi connectivity index (χ2v) is 18.8.